The second-order valence-electron chi connectivity index (χ2n) is 2.65. The Morgan fingerprint density at radius 3 is 2.64 bits per heavy atom. The maximum atomic E-state index is 5.66. The molecule has 0 aliphatic heterocycles. The molecule has 0 unspecified atom stereocenters. The molecule has 60 valence electrons. The van der Waals surface area contributed by atoms with Gasteiger partial charge in [0.15, 0.2) is 0 Å². The van der Waals surface area contributed by atoms with Gasteiger partial charge in [0.2, 0.25) is 0 Å². The van der Waals surface area contributed by atoms with Crippen LogP contribution in [0.4, 0.5) is 0 Å². The highest BCUT2D eigenvalue weighted by atomic mass is 16.3. The van der Waals surface area contributed by atoms with Gasteiger partial charge in [-0.05, 0) is 25.5 Å². The van der Waals surface area contributed by atoms with E-state index in [1.165, 1.54) is 0 Å². The van der Waals surface area contributed by atoms with Crippen LogP contribution in [0, 0.1) is 13.8 Å². The van der Waals surface area contributed by atoms with E-state index < -0.39 is 0 Å². The average Bonchev–Trinajstić information content (AvgIpc) is 2.31. The van der Waals surface area contributed by atoms with Crippen molar-refractivity contribution in [3.63, 3.8) is 0 Å². The van der Waals surface area contributed by atoms with Crippen molar-refractivity contribution >= 4 is 0 Å². The molecule has 11 heavy (non-hydrogen) atoms. The van der Waals surface area contributed by atoms with Crippen molar-refractivity contribution in [1.29, 1.82) is 0 Å². The van der Waals surface area contributed by atoms with Crippen LogP contribution < -0.4 is 5.73 Å². The Morgan fingerprint density at radius 1 is 1.64 bits per heavy atom. The number of hydrogen-bond acceptors (Lipinski definition) is 2. The second kappa shape index (κ2) is 2.93. The second-order valence-corrected chi connectivity index (χ2v) is 2.65. The Labute approximate surface area is 66.7 Å². The van der Waals surface area contributed by atoms with Crippen molar-refractivity contribution in [1.82, 2.24) is 0 Å². The number of hydrogen-bond donors (Lipinski definition) is 1. The van der Waals surface area contributed by atoms with Gasteiger partial charge in [-0.1, -0.05) is 6.08 Å². The van der Waals surface area contributed by atoms with Crippen molar-refractivity contribution in [3.05, 3.63) is 35.8 Å². The van der Waals surface area contributed by atoms with Crippen molar-refractivity contribution in [2.45, 2.75) is 19.9 Å². The van der Waals surface area contributed by atoms with E-state index in [2.05, 4.69) is 6.58 Å². The Balaban J connectivity index is 2.96. The molecule has 2 heteroatoms. The van der Waals surface area contributed by atoms with Crippen molar-refractivity contribution in [3.8, 4) is 0 Å². The van der Waals surface area contributed by atoms with Gasteiger partial charge in [-0.15, -0.1) is 6.58 Å². The first-order valence-corrected chi connectivity index (χ1v) is 3.60. The minimum Gasteiger partial charge on any atom is -0.464 e. The minimum atomic E-state index is -0.178. The molecule has 2 N–H and O–H groups in total. The first-order chi connectivity index (χ1) is 5.15. The molecule has 2 nitrogen and oxygen atoms in total. The minimum absolute atomic E-state index is 0.178. The van der Waals surface area contributed by atoms with Gasteiger partial charge in [0.25, 0.3) is 0 Å². The summed E-state index contributed by atoms with van der Waals surface area (Å²) in [6.45, 7) is 7.51. The van der Waals surface area contributed by atoms with Crippen LogP contribution in [0.3, 0.4) is 0 Å². The van der Waals surface area contributed by atoms with Gasteiger partial charge < -0.3 is 10.2 Å². The van der Waals surface area contributed by atoms with Crippen molar-refractivity contribution in [2.75, 3.05) is 0 Å². The number of aryl methyl sites for hydroxylation is 2. The summed E-state index contributed by atoms with van der Waals surface area (Å²) in [5.74, 6) is 1.72. The van der Waals surface area contributed by atoms with E-state index in [0.717, 1.165) is 17.1 Å². The van der Waals surface area contributed by atoms with Gasteiger partial charge in [-0.3, -0.25) is 0 Å². The summed E-state index contributed by atoms with van der Waals surface area (Å²) in [5.41, 5.74) is 6.80. The maximum Gasteiger partial charge on any atom is 0.125 e. The van der Waals surface area contributed by atoms with Crippen LogP contribution in [0.1, 0.15) is 23.1 Å². The van der Waals surface area contributed by atoms with Crippen LogP contribution in [0.25, 0.3) is 0 Å². The molecule has 0 spiro atoms. The van der Waals surface area contributed by atoms with Crippen LogP contribution in [0.2, 0.25) is 0 Å². The topological polar surface area (TPSA) is 39.2 Å². The van der Waals surface area contributed by atoms with Gasteiger partial charge >= 0.3 is 0 Å². The largest absolute Gasteiger partial charge is 0.464 e. The summed E-state index contributed by atoms with van der Waals surface area (Å²) in [4.78, 5) is 0. The Hall–Kier alpha value is -1.02. The molecule has 1 aromatic heterocycles. The molecule has 0 aliphatic carbocycles. The molecule has 1 aromatic rings. The SMILES string of the molecule is C=C[C@@H](N)c1cc(C)c(C)o1. The predicted molar refractivity (Wildman–Crippen MR) is 45.3 cm³/mol. The van der Waals surface area contributed by atoms with Gasteiger partial charge in [-0.25, -0.2) is 0 Å². The molecule has 1 atom stereocenters. The molecule has 0 aromatic carbocycles. The summed E-state index contributed by atoms with van der Waals surface area (Å²) >= 11 is 0. The fourth-order valence-electron chi connectivity index (χ4n) is 0.882. The van der Waals surface area contributed by atoms with Crippen molar-refractivity contribution < 1.29 is 4.42 Å². The van der Waals surface area contributed by atoms with E-state index in [4.69, 9.17) is 10.2 Å². The summed E-state index contributed by atoms with van der Waals surface area (Å²) in [5, 5.41) is 0. The zero-order chi connectivity index (χ0) is 8.43. The third-order valence-electron chi connectivity index (χ3n) is 1.77. The molecule has 0 aliphatic rings. The fourth-order valence-corrected chi connectivity index (χ4v) is 0.882. The van der Waals surface area contributed by atoms with Gasteiger partial charge in [0.05, 0.1) is 6.04 Å². The smallest absolute Gasteiger partial charge is 0.125 e. The van der Waals surface area contributed by atoms with E-state index in [0.29, 0.717) is 0 Å². The number of rotatable bonds is 2. The quantitative estimate of drug-likeness (QED) is 0.657. The summed E-state index contributed by atoms with van der Waals surface area (Å²) in [6.07, 6.45) is 1.66. The first-order valence-electron chi connectivity index (χ1n) is 3.60. The lowest BCUT2D eigenvalue weighted by Crippen LogP contribution is -2.04. The molecule has 0 saturated carbocycles. The molecule has 1 heterocycles. The van der Waals surface area contributed by atoms with Crippen LogP contribution in [0.15, 0.2) is 23.1 Å². The summed E-state index contributed by atoms with van der Waals surface area (Å²) in [7, 11) is 0. The molecule has 0 fully saturated rings. The Bertz CT molecular complexity index is 243. The Morgan fingerprint density at radius 2 is 2.27 bits per heavy atom. The molecule has 0 radical (unpaired) electrons. The monoisotopic (exact) mass is 151 g/mol. The molecule has 0 bridgehead atoms. The zero-order valence-electron chi connectivity index (χ0n) is 6.92. The van der Waals surface area contributed by atoms with Crippen LogP contribution in [0.5, 0.6) is 0 Å². The standard InChI is InChI=1S/C9H13NO/c1-4-8(10)9-5-6(2)7(3)11-9/h4-5,8H,1,10H2,2-3H3/t8-/m1/s1. The van der Waals surface area contributed by atoms with Gasteiger partial charge in [0, 0.05) is 0 Å². The molecule has 0 amide bonds. The van der Waals surface area contributed by atoms with Crippen molar-refractivity contribution in [2.24, 2.45) is 5.73 Å². The lowest BCUT2D eigenvalue weighted by molar-refractivity contribution is 0.468. The van der Waals surface area contributed by atoms with E-state index >= 15 is 0 Å². The molecule has 0 saturated heterocycles. The predicted octanol–water partition coefficient (Wildman–Crippen LogP) is 2.08. The highest BCUT2D eigenvalue weighted by molar-refractivity contribution is 5.22. The molecular formula is C9H13NO. The van der Waals surface area contributed by atoms with Crippen LogP contribution >= 0.6 is 0 Å². The van der Waals surface area contributed by atoms with Crippen LogP contribution in [-0.4, -0.2) is 0 Å². The Kier molecular flexibility index (Phi) is 2.15. The van der Waals surface area contributed by atoms with E-state index in [1.807, 2.05) is 19.9 Å². The molecule has 1 rings (SSSR count). The van der Waals surface area contributed by atoms with E-state index in [-0.39, 0.29) is 6.04 Å². The first kappa shape index (κ1) is 8.08. The third-order valence-corrected chi connectivity index (χ3v) is 1.77. The van der Waals surface area contributed by atoms with Gasteiger partial charge in [-0.2, -0.15) is 0 Å². The normalized spacial score (nSPS) is 13.0. The number of nitrogens with two attached hydrogens (primary N) is 1. The van der Waals surface area contributed by atoms with E-state index in [1.54, 1.807) is 6.08 Å². The van der Waals surface area contributed by atoms with E-state index in [9.17, 15) is 0 Å². The highest BCUT2D eigenvalue weighted by Crippen LogP contribution is 2.18. The zero-order valence-corrected chi connectivity index (χ0v) is 6.92. The van der Waals surface area contributed by atoms with Crippen LogP contribution in [-0.2, 0) is 0 Å². The number of furan rings is 1. The highest BCUT2D eigenvalue weighted by Gasteiger charge is 2.07. The lowest BCUT2D eigenvalue weighted by Gasteiger charge is -1.98. The third kappa shape index (κ3) is 1.52. The lowest BCUT2D eigenvalue weighted by atomic mass is 10.2. The summed E-state index contributed by atoms with van der Waals surface area (Å²) < 4.78 is 5.37. The molecular weight excluding hydrogens is 138 g/mol. The summed E-state index contributed by atoms with van der Waals surface area (Å²) in [6, 6.07) is 1.77. The fraction of sp³-hybridized carbons (Fsp3) is 0.333. The van der Waals surface area contributed by atoms with Gasteiger partial charge in [0.1, 0.15) is 11.5 Å². The average molecular weight is 151 g/mol. The maximum absolute atomic E-state index is 5.66.